The van der Waals surface area contributed by atoms with Gasteiger partial charge in [-0.25, -0.2) is 0 Å². The molecule has 0 aromatic heterocycles. The molecule has 0 unspecified atom stereocenters. The summed E-state index contributed by atoms with van der Waals surface area (Å²) in [7, 11) is 1.26. The van der Waals surface area contributed by atoms with Crippen LogP contribution in [0.4, 0.5) is 5.69 Å². The van der Waals surface area contributed by atoms with E-state index in [2.05, 4.69) is 10.1 Å². The summed E-state index contributed by atoms with van der Waals surface area (Å²) in [5.41, 5.74) is -0.263. The second-order valence-corrected chi connectivity index (χ2v) is 6.11. The van der Waals surface area contributed by atoms with Gasteiger partial charge in [-0.1, -0.05) is 11.6 Å². The fourth-order valence-electron chi connectivity index (χ4n) is 2.54. The number of methoxy groups -OCH3 is 1. The van der Waals surface area contributed by atoms with Crippen LogP contribution in [0.25, 0.3) is 0 Å². The highest BCUT2D eigenvalue weighted by atomic mass is 35.5. The molecule has 6 nitrogen and oxygen atoms in total. The first kappa shape index (κ1) is 18.3. The highest BCUT2D eigenvalue weighted by Crippen LogP contribution is 2.47. The van der Waals surface area contributed by atoms with Gasteiger partial charge in [0.15, 0.2) is 0 Å². The van der Waals surface area contributed by atoms with Crippen molar-refractivity contribution < 1.29 is 19.1 Å². The van der Waals surface area contributed by atoms with Crippen LogP contribution in [-0.4, -0.2) is 42.9 Å². The molecule has 0 spiro atoms. The van der Waals surface area contributed by atoms with Crippen molar-refractivity contribution in [2.24, 2.45) is 5.41 Å². The maximum Gasteiger partial charge on any atom is 0.321 e. The van der Waals surface area contributed by atoms with Gasteiger partial charge in [0.05, 0.1) is 17.7 Å². The first-order valence-corrected chi connectivity index (χ1v) is 8.26. The van der Waals surface area contributed by atoms with E-state index in [9.17, 15) is 14.4 Å². The molecule has 1 aromatic carbocycles. The van der Waals surface area contributed by atoms with Crippen molar-refractivity contribution >= 4 is 35.1 Å². The van der Waals surface area contributed by atoms with Crippen molar-refractivity contribution in [3.05, 3.63) is 28.8 Å². The van der Waals surface area contributed by atoms with Crippen LogP contribution in [-0.2, 0) is 14.3 Å². The summed E-state index contributed by atoms with van der Waals surface area (Å²) < 4.78 is 4.69. The number of nitrogens with one attached hydrogen (secondary N) is 1. The van der Waals surface area contributed by atoms with Crippen LogP contribution in [0.5, 0.6) is 0 Å². The third-order valence-electron chi connectivity index (χ3n) is 4.27. The molecule has 1 saturated carbocycles. The van der Waals surface area contributed by atoms with E-state index in [0.717, 1.165) is 0 Å². The Kier molecular flexibility index (Phi) is 5.49. The first-order chi connectivity index (χ1) is 11.4. The molecule has 0 saturated heterocycles. The van der Waals surface area contributed by atoms with Crippen LogP contribution in [0.1, 0.15) is 37.0 Å². The molecule has 1 N–H and O–H groups in total. The van der Waals surface area contributed by atoms with Crippen molar-refractivity contribution in [2.75, 3.05) is 25.5 Å². The molecule has 0 aliphatic heterocycles. The highest BCUT2D eigenvalue weighted by molar-refractivity contribution is 6.34. The second kappa shape index (κ2) is 7.21. The van der Waals surface area contributed by atoms with Crippen LogP contribution in [0.15, 0.2) is 18.2 Å². The molecule has 1 aromatic rings. The van der Waals surface area contributed by atoms with Gasteiger partial charge in [0.1, 0.15) is 5.41 Å². The molecule has 1 aliphatic rings. The minimum absolute atomic E-state index is 0.156. The normalized spacial score (nSPS) is 14.7. The summed E-state index contributed by atoms with van der Waals surface area (Å²) in [6.07, 6.45) is 0.940. The summed E-state index contributed by atoms with van der Waals surface area (Å²) in [6, 6.07) is 4.70. The second-order valence-electron chi connectivity index (χ2n) is 5.70. The lowest BCUT2D eigenvalue weighted by molar-refractivity contribution is -0.150. The fourth-order valence-corrected chi connectivity index (χ4v) is 2.80. The monoisotopic (exact) mass is 352 g/mol. The number of carbonyl (C=O) groups is 3. The van der Waals surface area contributed by atoms with Gasteiger partial charge in [-0.05, 0) is 44.9 Å². The first-order valence-electron chi connectivity index (χ1n) is 7.88. The van der Waals surface area contributed by atoms with E-state index in [1.807, 2.05) is 13.8 Å². The largest absolute Gasteiger partial charge is 0.468 e. The van der Waals surface area contributed by atoms with Gasteiger partial charge in [0.25, 0.3) is 5.91 Å². The average Bonchev–Trinajstić information content (AvgIpc) is 3.37. The maximum atomic E-state index is 12.4. The average molecular weight is 353 g/mol. The number of amides is 2. The predicted molar refractivity (Wildman–Crippen MR) is 91.0 cm³/mol. The fraction of sp³-hybridized carbons (Fsp3) is 0.471. The number of anilines is 1. The van der Waals surface area contributed by atoms with Crippen molar-refractivity contribution in [1.29, 1.82) is 0 Å². The van der Waals surface area contributed by atoms with Crippen molar-refractivity contribution in [3.8, 4) is 0 Å². The van der Waals surface area contributed by atoms with Gasteiger partial charge in [0, 0.05) is 18.8 Å². The van der Waals surface area contributed by atoms with E-state index in [4.69, 9.17) is 11.6 Å². The molecule has 130 valence electrons. The minimum atomic E-state index is -1.09. The zero-order valence-corrected chi connectivity index (χ0v) is 14.8. The van der Waals surface area contributed by atoms with E-state index in [0.29, 0.717) is 37.2 Å². The smallest absolute Gasteiger partial charge is 0.321 e. The zero-order valence-electron chi connectivity index (χ0n) is 14.0. The Morgan fingerprint density at radius 2 is 1.88 bits per heavy atom. The molecule has 2 amide bonds. The third-order valence-corrected chi connectivity index (χ3v) is 4.58. The molecule has 0 radical (unpaired) electrons. The Morgan fingerprint density at radius 3 is 2.33 bits per heavy atom. The number of hydrogen-bond donors (Lipinski definition) is 1. The number of nitrogens with zero attached hydrogens (tertiary/aromatic N) is 1. The number of hydrogen-bond acceptors (Lipinski definition) is 4. The van der Waals surface area contributed by atoms with Crippen LogP contribution >= 0.6 is 11.6 Å². The summed E-state index contributed by atoms with van der Waals surface area (Å²) in [6.45, 7) is 4.97. The highest BCUT2D eigenvalue weighted by Gasteiger charge is 2.57. The summed E-state index contributed by atoms with van der Waals surface area (Å²) in [5.74, 6) is -1.09. The number of halogens is 1. The van der Waals surface area contributed by atoms with Crippen LogP contribution in [0.2, 0.25) is 5.02 Å². The van der Waals surface area contributed by atoms with Crippen molar-refractivity contribution in [1.82, 2.24) is 4.90 Å². The van der Waals surface area contributed by atoms with E-state index < -0.39 is 17.3 Å². The van der Waals surface area contributed by atoms with E-state index in [1.165, 1.54) is 13.2 Å². The van der Waals surface area contributed by atoms with E-state index in [1.54, 1.807) is 17.0 Å². The Hall–Kier alpha value is -2.08. The van der Waals surface area contributed by atoms with Gasteiger partial charge in [-0.2, -0.15) is 0 Å². The maximum absolute atomic E-state index is 12.4. The molecular weight excluding hydrogens is 332 g/mol. The van der Waals surface area contributed by atoms with Gasteiger partial charge in [0.2, 0.25) is 5.91 Å². The van der Waals surface area contributed by atoms with Crippen molar-refractivity contribution in [3.63, 3.8) is 0 Å². The number of benzene rings is 1. The lowest BCUT2D eigenvalue weighted by atomic mass is 10.1. The Bertz CT molecular complexity index is 667. The van der Waals surface area contributed by atoms with E-state index >= 15 is 0 Å². The van der Waals surface area contributed by atoms with Gasteiger partial charge >= 0.3 is 5.97 Å². The summed E-state index contributed by atoms with van der Waals surface area (Å²) in [4.78, 5) is 38.0. The quantitative estimate of drug-likeness (QED) is 0.631. The Morgan fingerprint density at radius 1 is 1.25 bits per heavy atom. The zero-order chi connectivity index (χ0) is 17.9. The standard InChI is InChI=1S/C17H21ClN2O4/c1-4-20(5-2)14(21)12-7-6-11(10-13(12)18)19-15(22)17(8-9-17)16(23)24-3/h6-7,10H,4-5,8-9H2,1-3H3,(H,19,22). The molecule has 24 heavy (non-hydrogen) atoms. The van der Waals surface area contributed by atoms with Gasteiger partial charge in [-0.15, -0.1) is 0 Å². The molecule has 1 aliphatic carbocycles. The van der Waals surface area contributed by atoms with Crippen LogP contribution in [0, 0.1) is 5.41 Å². The molecule has 0 atom stereocenters. The lowest BCUT2D eigenvalue weighted by Gasteiger charge is -2.19. The Balaban J connectivity index is 2.14. The molecular formula is C17H21ClN2O4. The van der Waals surface area contributed by atoms with Crippen molar-refractivity contribution in [2.45, 2.75) is 26.7 Å². The third kappa shape index (κ3) is 3.38. The topological polar surface area (TPSA) is 75.7 Å². The van der Waals surface area contributed by atoms with Crippen LogP contribution in [0.3, 0.4) is 0 Å². The van der Waals surface area contributed by atoms with E-state index in [-0.39, 0.29) is 10.9 Å². The minimum Gasteiger partial charge on any atom is -0.468 e. The van der Waals surface area contributed by atoms with Crippen LogP contribution < -0.4 is 5.32 Å². The molecule has 0 heterocycles. The van der Waals surface area contributed by atoms with Gasteiger partial charge < -0.3 is 15.0 Å². The van der Waals surface area contributed by atoms with Gasteiger partial charge in [-0.3, -0.25) is 14.4 Å². The molecule has 2 rings (SSSR count). The molecule has 7 heteroatoms. The number of esters is 1. The SMILES string of the molecule is CCN(CC)C(=O)c1ccc(NC(=O)C2(C(=O)OC)CC2)cc1Cl. The Labute approximate surface area is 146 Å². The number of ether oxygens (including phenoxy) is 1. The molecule has 1 fully saturated rings. The summed E-state index contributed by atoms with van der Waals surface area (Å²) in [5, 5.41) is 2.93. The number of rotatable bonds is 6. The summed E-state index contributed by atoms with van der Waals surface area (Å²) >= 11 is 6.20. The molecule has 0 bridgehead atoms. The predicted octanol–water partition coefficient (Wildman–Crippen LogP) is 2.71. The number of carbonyl (C=O) groups excluding carboxylic acids is 3. The lowest BCUT2D eigenvalue weighted by Crippen LogP contribution is -2.32.